The van der Waals surface area contributed by atoms with Crippen molar-refractivity contribution in [2.75, 3.05) is 7.11 Å². The summed E-state index contributed by atoms with van der Waals surface area (Å²) in [5.74, 6) is -1.77. The zero-order valence-corrected chi connectivity index (χ0v) is 17.6. The Morgan fingerprint density at radius 2 is 2.03 bits per heavy atom. The lowest BCUT2D eigenvalue weighted by molar-refractivity contribution is -0.141. The Morgan fingerprint density at radius 1 is 1.22 bits per heavy atom. The summed E-state index contributed by atoms with van der Waals surface area (Å²) in [6.07, 6.45) is 3.41. The van der Waals surface area contributed by atoms with E-state index in [4.69, 9.17) is 14.6 Å². The molecule has 2 unspecified atom stereocenters. The fourth-order valence-corrected chi connectivity index (χ4v) is 3.76. The third kappa shape index (κ3) is 4.39. The van der Waals surface area contributed by atoms with Crippen LogP contribution in [0, 0.1) is 17.6 Å². The number of ether oxygens (including phenoxy) is 2. The van der Waals surface area contributed by atoms with Gasteiger partial charge in [0.15, 0.2) is 0 Å². The van der Waals surface area contributed by atoms with Crippen LogP contribution in [0.3, 0.4) is 0 Å². The third-order valence-electron chi connectivity index (χ3n) is 5.57. The Labute approximate surface area is 183 Å². The molecule has 1 aliphatic heterocycles. The van der Waals surface area contributed by atoms with E-state index < -0.39 is 29.6 Å². The molecular weight excluding hydrogens is 418 g/mol. The molecule has 6 nitrogen and oxygen atoms in total. The minimum Gasteiger partial charge on any atom is -0.484 e. The lowest BCUT2D eigenvalue weighted by Crippen LogP contribution is -2.18. The molecule has 32 heavy (non-hydrogen) atoms. The van der Waals surface area contributed by atoms with Crippen LogP contribution in [-0.4, -0.2) is 28.2 Å². The number of aromatic nitrogens is 2. The Morgan fingerprint density at radius 3 is 2.75 bits per heavy atom. The van der Waals surface area contributed by atoms with Gasteiger partial charge in [-0.05, 0) is 42.5 Å². The summed E-state index contributed by atoms with van der Waals surface area (Å²) in [7, 11) is 1.41. The van der Waals surface area contributed by atoms with E-state index in [9.17, 15) is 13.6 Å². The highest BCUT2D eigenvalue weighted by Gasteiger charge is 2.26. The first kappa shape index (κ1) is 21.7. The lowest BCUT2D eigenvalue weighted by atomic mass is 9.95. The van der Waals surface area contributed by atoms with Crippen molar-refractivity contribution in [1.29, 1.82) is 0 Å². The first-order valence-electron chi connectivity index (χ1n) is 10.2. The number of rotatable bonds is 6. The second-order valence-electron chi connectivity index (χ2n) is 7.83. The summed E-state index contributed by atoms with van der Waals surface area (Å²) >= 11 is 0. The van der Waals surface area contributed by atoms with Crippen molar-refractivity contribution in [3.63, 3.8) is 0 Å². The van der Waals surface area contributed by atoms with Gasteiger partial charge < -0.3 is 14.6 Å². The highest BCUT2D eigenvalue weighted by Crippen LogP contribution is 2.37. The minimum atomic E-state index is -0.865. The van der Waals surface area contributed by atoms with E-state index >= 15 is 0 Å². The van der Waals surface area contributed by atoms with Crippen molar-refractivity contribution in [2.45, 2.75) is 32.3 Å². The van der Waals surface area contributed by atoms with Crippen LogP contribution >= 0.6 is 0 Å². The molecular formula is C24H22F2N2O4. The van der Waals surface area contributed by atoms with Crippen LogP contribution in [0.4, 0.5) is 8.78 Å². The first-order valence-corrected chi connectivity index (χ1v) is 10.2. The van der Waals surface area contributed by atoms with Crippen molar-refractivity contribution in [3.8, 4) is 22.8 Å². The summed E-state index contributed by atoms with van der Waals surface area (Å²) in [5, 5.41) is 9.14. The monoisotopic (exact) mass is 440 g/mol. The number of benzene rings is 1. The minimum absolute atomic E-state index is 0.141. The average Bonchev–Trinajstić information content (AvgIpc) is 2.78. The molecule has 2 atom stereocenters. The Balaban J connectivity index is 1.58. The van der Waals surface area contributed by atoms with Crippen molar-refractivity contribution in [1.82, 2.24) is 9.97 Å². The molecule has 0 aliphatic carbocycles. The van der Waals surface area contributed by atoms with Crippen molar-refractivity contribution < 1.29 is 28.2 Å². The van der Waals surface area contributed by atoms with Crippen molar-refractivity contribution >= 4 is 5.97 Å². The van der Waals surface area contributed by atoms with Gasteiger partial charge in [0.25, 0.3) is 0 Å². The van der Waals surface area contributed by atoms with Crippen LogP contribution in [0.25, 0.3) is 11.1 Å². The number of carboxylic acid groups (broad SMARTS) is 1. The predicted molar refractivity (Wildman–Crippen MR) is 113 cm³/mol. The van der Waals surface area contributed by atoms with Gasteiger partial charge in [0, 0.05) is 23.4 Å². The second-order valence-corrected chi connectivity index (χ2v) is 7.83. The van der Waals surface area contributed by atoms with Crippen LogP contribution in [0.2, 0.25) is 0 Å². The molecule has 4 rings (SSSR count). The molecule has 0 amide bonds. The van der Waals surface area contributed by atoms with Gasteiger partial charge in [-0.3, -0.25) is 9.78 Å². The van der Waals surface area contributed by atoms with Crippen LogP contribution in [0.5, 0.6) is 11.6 Å². The van der Waals surface area contributed by atoms with E-state index in [-0.39, 0.29) is 22.7 Å². The molecule has 8 heteroatoms. The molecule has 1 aromatic carbocycles. The van der Waals surface area contributed by atoms with Crippen molar-refractivity contribution in [2.24, 2.45) is 5.92 Å². The molecule has 0 bridgehead atoms. The Hall–Kier alpha value is -3.55. The topological polar surface area (TPSA) is 81.5 Å². The summed E-state index contributed by atoms with van der Waals surface area (Å²) in [6.45, 7) is 1.65. The zero-order valence-electron chi connectivity index (χ0n) is 17.6. The van der Waals surface area contributed by atoms with E-state index in [1.807, 2.05) is 18.2 Å². The number of aryl methyl sites for hydroxylation is 1. The summed E-state index contributed by atoms with van der Waals surface area (Å²) in [5.41, 5.74) is 2.37. The normalized spacial score (nSPS) is 16.1. The Bertz CT molecular complexity index is 1170. The standard InChI is InChI=1S/C24H22F2N2O4/c1-13(24(29)30)7-14-3-4-15-5-6-20(32-21(15)8-14)23-18(25)9-16(11-28-23)17-10-22(31-2)27-12-19(17)26/h3-4,8-13,20H,5-7H2,1-2H3,(H,29,30). The van der Waals surface area contributed by atoms with Crippen LogP contribution in [-0.2, 0) is 17.6 Å². The molecule has 0 saturated heterocycles. The number of fused-ring (bicyclic) bond motifs is 1. The van der Waals surface area contributed by atoms with E-state index in [1.165, 1.54) is 25.4 Å². The number of carboxylic acids is 1. The van der Waals surface area contributed by atoms with Crippen LogP contribution in [0.1, 0.15) is 36.3 Å². The van der Waals surface area contributed by atoms with Gasteiger partial charge in [-0.25, -0.2) is 13.8 Å². The SMILES string of the molecule is COc1cc(-c2cnc(C3CCc4ccc(CC(C)C(=O)O)cc4O3)c(F)c2)c(F)cn1. The fraction of sp³-hybridized carbons (Fsp3) is 0.292. The van der Waals surface area contributed by atoms with Gasteiger partial charge in [-0.1, -0.05) is 19.1 Å². The maximum absolute atomic E-state index is 15.0. The predicted octanol–water partition coefficient (Wildman–Crippen LogP) is 4.76. The van der Waals surface area contributed by atoms with Crippen LogP contribution < -0.4 is 9.47 Å². The summed E-state index contributed by atoms with van der Waals surface area (Å²) in [4.78, 5) is 19.2. The number of methoxy groups -OCH3 is 1. The number of carbonyl (C=O) groups is 1. The van der Waals surface area contributed by atoms with E-state index in [1.54, 1.807) is 6.92 Å². The average molecular weight is 440 g/mol. The zero-order chi connectivity index (χ0) is 22.8. The molecule has 3 heterocycles. The summed E-state index contributed by atoms with van der Waals surface area (Å²) in [6, 6.07) is 8.24. The molecule has 2 aromatic heterocycles. The van der Waals surface area contributed by atoms with Crippen LogP contribution in [0.15, 0.2) is 42.7 Å². The molecule has 166 valence electrons. The van der Waals surface area contributed by atoms with E-state index in [2.05, 4.69) is 9.97 Å². The second kappa shape index (κ2) is 8.90. The quantitative estimate of drug-likeness (QED) is 0.595. The maximum atomic E-state index is 15.0. The molecule has 3 aromatic rings. The van der Waals surface area contributed by atoms with Gasteiger partial charge >= 0.3 is 5.97 Å². The maximum Gasteiger partial charge on any atom is 0.306 e. The molecule has 0 spiro atoms. The molecule has 0 fully saturated rings. The number of hydrogen-bond acceptors (Lipinski definition) is 5. The van der Waals surface area contributed by atoms with Gasteiger partial charge in [0.2, 0.25) is 5.88 Å². The number of nitrogens with zero attached hydrogens (tertiary/aromatic N) is 2. The fourth-order valence-electron chi connectivity index (χ4n) is 3.76. The van der Waals surface area contributed by atoms with E-state index in [0.717, 1.165) is 17.3 Å². The highest BCUT2D eigenvalue weighted by atomic mass is 19.1. The third-order valence-corrected chi connectivity index (χ3v) is 5.57. The first-order chi connectivity index (χ1) is 15.4. The van der Waals surface area contributed by atoms with Gasteiger partial charge in [-0.15, -0.1) is 0 Å². The number of halogens is 2. The Kier molecular flexibility index (Phi) is 6.03. The number of hydrogen-bond donors (Lipinski definition) is 1. The molecule has 1 N–H and O–H groups in total. The highest BCUT2D eigenvalue weighted by molar-refractivity contribution is 5.70. The molecule has 1 aliphatic rings. The smallest absolute Gasteiger partial charge is 0.306 e. The van der Waals surface area contributed by atoms with E-state index in [0.29, 0.717) is 25.0 Å². The van der Waals surface area contributed by atoms with Gasteiger partial charge in [-0.2, -0.15) is 0 Å². The number of pyridine rings is 2. The molecule has 0 radical (unpaired) electrons. The number of aliphatic carboxylic acids is 1. The van der Waals surface area contributed by atoms with Gasteiger partial charge in [0.1, 0.15) is 29.2 Å². The van der Waals surface area contributed by atoms with Gasteiger partial charge in [0.05, 0.1) is 19.2 Å². The summed E-state index contributed by atoms with van der Waals surface area (Å²) < 4.78 is 40.2. The van der Waals surface area contributed by atoms with Crippen molar-refractivity contribution in [3.05, 3.63) is 71.2 Å². The largest absolute Gasteiger partial charge is 0.484 e. The molecule has 0 saturated carbocycles. The lowest BCUT2D eigenvalue weighted by Gasteiger charge is -2.26.